The molecule has 0 amide bonds. The minimum absolute atomic E-state index is 0.170. The Morgan fingerprint density at radius 2 is 1.76 bits per heavy atom. The largest absolute Gasteiger partial charge is 0.299 e. The first-order valence-corrected chi connectivity index (χ1v) is 8.80. The number of sulfonamides is 1. The van der Waals surface area contributed by atoms with Gasteiger partial charge in [0.25, 0.3) is 0 Å². The average molecular weight is 314 g/mol. The zero-order chi connectivity index (χ0) is 15.6. The van der Waals surface area contributed by atoms with Crippen LogP contribution in [-0.2, 0) is 10.0 Å². The molecule has 1 aliphatic heterocycles. The minimum atomic E-state index is -3.61. The Morgan fingerprint density at radius 1 is 1.24 bits per heavy atom. The van der Waals surface area contributed by atoms with Gasteiger partial charge in [0.15, 0.2) is 0 Å². The maximum absolute atomic E-state index is 13.3. The second kappa shape index (κ2) is 6.42. The van der Waals surface area contributed by atoms with Crippen LogP contribution in [0.3, 0.4) is 0 Å². The van der Waals surface area contributed by atoms with E-state index in [0.717, 1.165) is 13.1 Å². The number of nitrogens with one attached hydrogen (secondary N) is 1. The third-order valence-electron chi connectivity index (χ3n) is 4.03. The van der Waals surface area contributed by atoms with Gasteiger partial charge in [-0.15, -0.1) is 0 Å². The number of nitrogens with zero attached hydrogens (tertiary/aromatic N) is 1. The smallest absolute Gasteiger partial charge is 0.241 e. The summed E-state index contributed by atoms with van der Waals surface area (Å²) in [5.41, 5.74) is 0.877. The molecule has 1 N–H and O–H groups in total. The van der Waals surface area contributed by atoms with Crippen LogP contribution in [0.4, 0.5) is 4.39 Å². The van der Waals surface area contributed by atoms with Crippen LogP contribution in [0.2, 0.25) is 0 Å². The number of hydrogen-bond acceptors (Lipinski definition) is 3. The highest BCUT2D eigenvalue weighted by Gasteiger charge is 2.23. The molecule has 1 aliphatic rings. The van der Waals surface area contributed by atoms with Crippen molar-refractivity contribution in [2.75, 3.05) is 19.6 Å². The third kappa shape index (κ3) is 3.81. The second-order valence-corrected chi connectivity index (χ2v) is 7.52. The summed E-state index contributed by atoms with van der Waals surface area (Å²) in [6, 6.07) is 2.68. The number of halogens is 1. The molecular formula is C15H23FN2O2S. The van der Waals surface area contributed by atoms with E-state index >= 15 is 0 Å². The maximum Gasteiger partial charge on any atom is 0.241 e. The quantitative estimate of drug-likeness (QED) is 0.906. The van der Waals surface area contributed by atoms with Gasteiger partial charge in [-0.25, -0.2) is 17.5 Å². The molecular weight excluding hydrogens is 291 g/mol. The van der Waals surface area contributed by atoms with Gasteiger partial charge in [0.05, 0.1) is 4.90 Å². The summed E-state index contributed by atoms with van der Waals surface area (Å²) in [6.07, 6.45) is 2.35. The third-order valence-corrected chi connectivity index (χ3v) is 5.75. The van der Waals surface area contributed by atoms with Gasteiger partial charge >= 0.3 is 0 Å². The van der Waals surface area contributed by atoms with E-state index in [1.165, 1.54) is 25.0 Å². The fourth-order valence-corrected chi connectivity index (χ4v) is 4.51. The molecule has 0 aliphatic carbocycles. The van der Waals surface area contributed by atoms with Crippen LogP contribution in [-0.4, -0.2) is 39.0 Å². The van der Waals surface area contributed by atoms with Crippen molar-refractivity contribution in [2.45, 2.75) is 44.6 Å². The Hall–Kier alpha value is -0.980. The predicted octanol–water partition coefficient (Wildman–Crippen LogP) is 2.21. The molecule has 2 rings (SSSR count). The summed E-state index contributed by atoms with van der Waals surface area (Å²) < 4.78 is 40.9. The number of hydrogen-bond donors (Lipinski definition) is 1. The predicted molar refractivity (Wildman–Crippen MR) is 81.3 cm³/mol. The van der Waals surface area contributed by atoms with Crippen molar-refractivity contribution in [3.8, 4) is 0 Å². The molecule has 1 heterocycles. The molecule has 1 aromatic carbocycles. The van der Waals surface area contributed by atoms with E-state index in [4.69, 9.17) is 0 Å². The molecule has 0 aromatic heterocycles. The fourth-order valence-electron chi connectivity index (χ4n) is 2.94. The Bertz CT molecular complexity index is 587. The molecule has 1 atom stereocenters. The molecule has 1 unspecified atom stereocenters. The highest BCUT2D eigenvalue weighted by molar-refractivity contribution is 7.89. The van der Waals surface area contributed by atoms with Crippen LogP contribution in [0.1, 0.15) is 30.9 Å². The number of benzene rings is 1. The van der Waals surface area contributed by atoms with Gasteiger partial charge in [-0.1, -0.05) is 0 Å². The van der Waals surface area contributed by atoms with Crippen LogP contribution >= 0.6 is 0 Å². The van der Waals surface area contributed by atoms with E-state index in [2.05, 4.69) is 9.62 Å². The molecule has 0 radical (unpaired) electrons. The lowest BCUT2D eigenvalue weighted by Gasteiger charge is -2.24. The SMILES string of the molecule is Cc1cc(F)cc(C)c1S(=O)(=O)NCC(C)N1CCCC1. The lowest BCUT2D eigenvalue weighted by molar-refractivity contribution is 0.260. The molecule has 118 valence electrons. The second-order valence-electron chi connectivity index (χ2n) is 5.81. The number of likely N-dealkylation sites (tertiary alicyclic amines) is 1. The van der Waals surface area contributed by atoms with Crippen molar-refractivity contribution in [1.82, 2.24) is 9.62 Å². The van der Waals surface area contributed by atoms with Gasteiger partial charge in [-0.2, -0.15) is 0 Å². The molecule has 6 heteroatoms. The number of rotatable bonds is 5. The van der Waals surface area contributed by atoms with Crippen LogP contribution in [0.25, 0.3) is 0 Å². The first-order valence-electron chi connectivity index (χ1n) is 7.32. The van der Waals surface area contributed by atoms with Crippen LogP contribution in [0, 0.1) is 19.7 Å². The first kappa shape index (κ1) is 16.4. The first-order chi connectivity index (χ1) is 9.81. The Kier molecular flexibility index (Phi) is 5.01. The van der Waals surface area contributed by atoms with E-state index in [0.29, 0.717) is 17.7 Å². The summed E-state index contributed by atoms with van der Waals surface area (Å²) in [5, 5.41) is 0. The van der Waals surface area contributed by atoms with Gasteiger partial charge in [-0.3, -0.25) is 4.90 Å². The summed E-state index contributed by atoms with van der Waals surface area (Å²) in [6.45, 7) is 7.69. The normalized spacial score (nSPS) is 18.1. The van der Waals surface area contributed by atoms with Crippen molar-refractivity contribution in [2.24, 2.45) is 0 Å². The van der Waals surface area contributed by atoms with E-state index in [1.807, 2.05) is 6.92 Å². The summed E-state index contributed by atoms with van der Waals surface area (Å²) in [4.78, 5) is 2.48. The molecule has 0 bridgehead atoms. The molecule has 1 saturated heterocycles. The van der Waals surface area contributed by atoms with Gasteiger partial charge < -0.3 is 0 Å². The highest BCUT2D eigenvalue weighted by Crippen LogP contribution is 2.21. The number of aryl methyl sites for hydroxylation is 2. The molecule has 21 heavy (non-hydrogen) atoms. The molecule has 0 spiro atoms. The molecule has 4 nitrogen and oxygen atoms in total. The summed E-state index contributed by atoms with van der Waals surface area (Å²) >= 11 is 0. The van der Waals surface area contributed by atoms with E-state index in [1.54, 1.807) is 13.8 Å². The molecule has 1 fully saturated rings. The van der Waals surface area contributed by atoms with Crippen molar-refractivity contribution in [3.05, 3.63) is 29.1 Å². The van der Waals surface area contributed by atoms with E-state index in [-0.39, 0.29) is 10.9 Å². The Morgan fingerprint density at radius 3 is 2.29 bits per heavy atom. The average Bonchev–Trinajstić information content (AvgIpc) is 2.88. The monoisotopic (exact) mass is 314 g/mol. The van der Waals surface area contributed by atoms with Crippen LogP contribution < -0.4 is 4.72 Å². The van der Waals surface area contributed by atoms with Gasteiger partial charge in [0.2, 0.25) is 10.0 Å². The van der Waals surface area contributed by atoms with Crippen molar-refractivity contribution >= 4 is 10.0 Å². The lowest BCUT2D eigenvalue weighted by atomic mass is 10.1. The van der Waals surface area contributed by atoms with Crippen LogP contribution in [0.5, 0.6) is 0 Å². The topological polar surface area (TPSA) is 49.4 Å². The van der Waals surface area contributed by atoms with Gasteiger partial charge in [0, 0.05) is 12.6 Å². The van der Waals surface area contributed by atoms with Crippen molar-refractivity contribution in [1.29, 1.82) is 0 Å². The van der Waals surface area contributed by atoms with Crippen LogP contribution in [0.15, 0.2) is 17.0 Å². The summed E-state index contributed by atoms with van der Waals surface area (Å²) in [5.74, 6) is -0.408. The maximum atomic E-state index is 13.3. The molecule has 0 saturated carbocycles. The van der Waals surface area contributed by atoms with Crippen molar-refractivity contribution in [3.63, 3.8) is 0 Å². The van der Waals surface area contributed by atoms with Gasteiger partial charge in [-0.05, 0) is 70.0 Å². The van der Waals surface area contributed by atoms with Crippen molar-refractivity contribution < 1.29 is 12.8 Å². The van der Waals surface area contributed by atoms with E-state index < -0.39 is 15.8 Å². The Balaban J connectivity index is 2.11. The zero-order valence-electron chi connectivity index (χ0n) is 12.8. The highest BCUT2D eigenvalue weighted by atomic mass is 32.2. The fraction of sp³-hybridized carbons (Fsp3) is 0.600. The summed E-state index contributed by atoms with van der Waals surface area (Å²) in [7, 11) is -3.61. The van der Waals surface area contributed by atoms with E-state index in [9.17, 15) is 12.8 Å². The molecule has 1 aromatic rings. The standard InChI is InChI=1S/C15H23FN2O2S/c1-11-8-14(16)9-12(2)15(11)21(19,20)17-10-13(3)18-6-4-5-7-18/h8-9,13,17H,4-7,10H2,1-3H3. The Labute approximate surface area is 126 Å². The lowest BCUT2D eigenvalue weighted by Crippen LogP contribution is -2.40. The zero-order valence-corrected chi connectivity index (χ0v) is 13.6. The minimum Gasteiger partial charge on any atom is -0.299 e. The van der Waals surface area contributed by atoms with Gasteiger partial charge in [0.1, 0.15) is 5.82 Å².